The zero-order valence-electron chi connectivity index (χ0n) is 47.2. The fourth-order valence-electron chi connectivity index (χ4n) is 7.02. The van der Waals surface area contributed by atoms with Crippen LogP contribution in [0.3, 0.4) is 0 Å². The second-order valence-corrected chi connectivity index (χ2v) is 19.8. The number of phosphoric ester groups is 1. The van der Waals surface area contributed by atoms with Crippen LogP contribution in [0.25, 0.3) is 0 Å². The molecule has 2 N–H and O–H groups in total. The molecule has 428 valence electrons. The van der Waals surface area contributed by atoms with Crippen molar-refractivity contribution < 1.29 is 52.2 Å². The number of hydrogen-bond acceptors (Lipinski definition) is 10. The summed E-state index contributed by atoms with van der Waals surface area (Å²) in [6.07, 6.45) is 72.6. The van der Waals surface area contributed by atoms with E-state index in [1.54, 1.807) is 6.08 Å². The fraction of sp³-hybridized carbons (Fsp3) is 0.578. The number of hydrogen-bond donors (Lipinski definition) is 2. The van der Waals surface area contributed by atoms with Gasteiger partial charge in [0.1, 0.15) is 12.7 Å². The van der Waals surface area contributed by atoms with Gasteiger partial charge in [-0.25, -0.2) is 4.57 Å². The Morgan fingerprint density at radius 3 is 1.09 bits per heavy atom. The van der Waals surface area contributed by atoms with Crippen molar-refractivity contribution in [3.63, 3.8) is 0 Å². The summed E-state index contributed by atoms with van der Waals surface area (Å²) in [6, 6.07) is 0. The molecule has 0 heterocycles. The molecule has 0 saturated heterocycles. The van der Waals surface area contributed by atoms with Crippen molar-refractivity contribution in [1.82, 2.24) is 0 Å². The van der Waals surface area contributed by atoms with Crippen LogP contribution in [-0.2, 0) is 42.2 Å². The highest BCUT2D eigenvalue weighted by atomic mass is 31.2. The Labute approximate surface area is 461 Å². The minimum Gasteiger partial charge on any atom is -0.462 e. The number of carbonyl (C=O) groups is 3. The SMILES string of the molecule is CC/C=C\C/C=C\C/C=C\C/C=C\C/C=C\CC(=O)OC(CO)COP(=O)(O)OCC(COC(=O)CCCCCC/C=C\C/C=C\C/C=C\C/C=C\CC)OC(=O)CCCCCCCCC/C=C\C/C=C\C/C=C\CC. The molecule has 0 bridgehead atoms. The lowest BCUT2D eigenvalue weighted by molar-refractivity contribution is -0.161. The van der Waals surface area contributed by atoms with Gasteiger partial charge < -0.3 is 24.2 Å². The third-order valence-corrected chi connectivity index (χ3v) is 12.2. The van der Waals surface area contributed by atoms with E-state index in [1.165, 1.54) is 0 Å². The van der Waals surface area contributed by atoms with Gasteiger partial charge in [0.05, 0.1) is 26.2 Å². The molecule has 12 heteroatoms. The van der Waals surface area contributed by atoms with E-state index in [2.05, 4.69) is 142 Å². The molecule has 0 aromatic carbocycles. The maximum absolute atomic E-state index is 12.9. The van der Waals surface area contributed by atoms with Gasteiger partial charge in [-0.1, -0.05) is 212 Å². The summed E-state index contributed by atoms with van der Waals surface area (Å²) in [4.78, 5) is 48.5. The lowest BCUT2D eigenvalue weighted by Crippen LogP contribution is -2.30. The smallest absolute Gasteiger partial charge is 0.462 e. The number of allylic oxidation sites excluding steroid dienone is 23. The van der Waals surface area contributed by atoms with Crippen molar-refractivity contribution in [3.8, 4) is 0 Å². The predicted octanol–water partition coefficient (Wildman–Crippen LogP) is 17.1. The van der Waals surface area contributed by atoms with Gasteiger partial charge >= 0.3 is 25.7 Å². The number of aliphatic hydroxyl groups excluding tert-OH is 1. The first-order valence-electron chi connectivity index (χ1n) is 28.7. The fourth-order valence-corrected chi connectivity index (χ4v) is 7.81. The van der Waals surface area contributed by atoms with E-state index in [9.17, 15) is 28.9 Å². The zero-order valence-corrected chi connectivity index (χ0v) is 48.0. The highest BCUT2D eigenvalue weighted by Gasteiger charge is 2.28. The summed E-state index contributed by atoms with van der Waals surface area (Å²) in [5, 5.41) is 9.80. The minimum atomic E-state index is -4.79. The Morgan fingerprint density at radius 2 is 0.697 bits per heavy atom. The molecule has 11 nitrogen and oxygen atoms in total. The Kier molecular flexibility index (Phi) is 53.1. The van der Waals surface area contributed by atoms with E-state index in [4.69, 9.17) is 23.3 Å². The summed E-state index contributed by atoms with van der Waals surface area (Å²) in [5.74, 6) is -1.66. The summed E-state index contributed by atoms with van der Waals surface area (Å²) in [5.41, 5.74) is 0. The first-order valence-corrected chi connectivity index (χ1v) is 30.2. The topological polar surface area (TPSA) is 155 Å². The number of rotatable bonds is 51. The first kappa shape index (κ1) is 71.4. The highest BCUT2D eigenvalue weighted by molar-refractivity contribution is 7.47. The van der Waals surface area contributed by atoms with Crippen LogP contribution in [0.2, 0.25) is 0 Å². The maximum atomic E-state index is 12.9. The molecule has 0 radical (unpaired) electrons. The van der Waals surface area contributed by atoms with Gasteiger partial charge in [0.2, 0.25) is 0 Å². The van der Waals surface area contributed by atoms with Crippen LogP contribution >= 0.6 is 7.82 Å². The molecule has 0 saturated carbocycles. The molecular weight excluding hydrogens is 976 g/mol. The average Bonchev–Trinajstić information content (AvgIpc) is 3.41. The monoisotopic (exact) mass is 1080 g/mol. The average molecular weight is 1080 g/mol. The molecular formula is C64H101O11P. The molecule has 0 fully saturated rings. The largest absolute Gasteiger partial charge is 0.472 e. The van der Waals surface area contributed by atoms with Crippen LogP contribution in [0.1, 0.15) is 201 Å². The van der Waals surface area contributed by atoms with E-state index < -0.39 is 57.8 Å². The number of esters is 3. The van der Waals surface area contributed by atoms with Gasteiger partial charge in [-0.2, -0.15) is 0 Å². The van der Waals surface area contributed by atoms with Crippen molar-refractivity contribution in [2.75, 3.05) is 26.4 Å². The number of phosphoric acid groups is 1. The Bertz CT molecular complexity index is 1830. The maximum Gasteiger partial charge on any atom is 0.472 e. The lowest BCUT2D eigenvalue weighted by Gasteiger charge is -2.21. The van der Waals surface area contributed by atoms with Gasteiger partial charge in [0.25, 0.3) is 0 Å². The van der Waals surface area contributed by atoms with Gasteiger partial charge in [0.15, 0.2) is 6.10 Å². The number of unbranched alkanes of at least 4 members (excludes halogenated alkanes) is 11. The van der Waals surface area contributed by atoms with Crippen LogP contribution in [0.5, 0.6) is 0 Å². The summed E-state index contributed by atoms with van der Waals surface area (Å²) in [6.45, 7) is 4.13. The van der Waals surface area contributed by atoms with E-state index in [0.717, 1.165) is 141 Å². The Morgan fingerprint density at radius 1 is 0.382 bits per heavy atom. The zero-order chi connectivity index (χ0) is 55.5. The van der Waals surface area contributed by atoms with Crippen molar-refractivity contribution >= 4 is 25.7 Å². The lowest BCUT2D eigenvalue weighted by atomic mass is 10.1. The third-order valence-electron chi connectivity index (χ3n) is 11.3. The molecule has 0 spiro atoms. The molecule has 0 amide bonds. The molecule has 0 aromatic rings. The second kappa shape index (κ2) is 56.6. The van der Waals surface area contributed by atoms with Crippen molar-refractivity contribution in [2.24, 2.45) is 0 Å². The van der Waals surface area contributed by atoms with Gasteiger partial charge in [-0.3, -0.25) is 23.4 Å². The number of ether oxygens (including phenoxy) is 3. The molecule has 0 aliphatic carbocycles. The van der Waals surface area contributed by atoms with E-state index in [-0.39, 0.29) is 25.9 Å². The Hall–Kier alpha value is -4.64. The van der Waals surface area contributed by atoms with Crippen LogP contribution in [0.4, 0.5) is 0 Å². The van der Waals surface area contributed by atoms with Crippen LogP contribution in [0.15, 0.2) is 146 Å². The van der Waals surface area contributed by atoms with Crippen LogP contribution in [0, 0.1) is 0 Å². The third kappa shape index (κ3) is 54.2. The normalized spacial score (nSPS) is 14.4. The number of carbonyl (C=O) groups excluding carboxylic acids is 3. The molecule has 76 heavy (non-hydrogen) atoms. The second-order valence-electron chi connectivity index (χ2n) is 18.3. The quantitative estimate of drug-likeness (QED) is 0.0197. The van der Waals surface area contributed by atoms with E-state index in [0.29, 0.717) is 19.3 Å². The van der Waals surface area contributed by atoms with Crippen LogP contribution in [-0.4, -0.2) is 66.5 Å². The van der Waals surface area contributed by atoms with Crippen LogP contribution < -0.4 is 0 Å². The molecule has 0 aliphatic heterocycles. The summed E-state index contributed by atoms with van der Waals surface area (Å²) < 4.78 is 39.4. The molecule has 0 aliphatic rings. The van der Waals surface area contributed by atoms with Gasteiger partial charge in [-0.15, -0.1) is 0 Å². The molecule has 3 unspecified atom stereocenters. The Balaban J connectivity index is 4.89. The summed E-state index contributed by atoms with van der Waals surface area (Å²) in [7, 11) is -4.79. The van der Waals surface area contributed by atoms with Gasteiger partial charge in [-0.05, 0) is 116 Å². The minimum absolute atomic E-state index is 0.0650. The number of aliphatic hydroxyl groups is 1. The predicted molar refractivity (Wildman–Crippen MR) is 316 cm³/mol. The summed E-state index contributed by atoms with van der Waals surface area (Å²) >= 11 is 0. The standard InChI is InChI=1S/C64H101O11P/c1-4-7-10-13-16-19-22-25-28-30-33-35-38-41-44-47-50-53-62(66)71-57-61(75-64(68)55-52-49-46-43-40-37-34-31-29-26-23-20-17-14-11-8-5-2)59-73-76(69,70)72-58-60(56-65)74-63(67)54-51-48-45-42-39-36-32-27-24-21-18-15-12-9-6-3/h7-12,16-21,25-29,32-33,35,39,42,48,51,60-61,65H,4-6,13-15,22-24,30-31,34,36-38,40-41,43-47,49-50,52-59H2,1-3H3,(H,69,70)/b10-7-,11-8-,12-9-,19-16-,20-17-,21-18-,28-25-,29-26-,32-27-,35-33-,42-39-,51-48-. The van der Waals surface area contributed by atoms with Crippen molar-refractivity contribution in [2.45, 2.75) is 213 Å². The van der Waals surface area contributed by atoms with Crippen molar-refractivity contribution in [1.29, 1.82) is 0 Å². The molecule has 3 atom stereocenters. The molecule has 0 rings (SSSR count). The van der Waals surface area contributed by atoms with Crippen molar-refractivity contribution in [3.05, 3.63) is 146 Å². The van der Waals surface area contributed by atoms with E-state index >= 15 is 0 Å². The van der Waals surface area contributed by atoms with Gasteiger partial charge in [0, 0.05) is 12.8 Å². The molecule has 0 aromatic heterocycles. The van der Waals surface area contributed by atoms with E-state index in [1.807, 2.05) is 18.2 Å². The highest BCUT2D eigenvalue weighted by Crippen LogP contribution is 2.43. The first-order chi connectivity index (χ1) is 37.2.